The molecule has 1 nitrogen and oxygen atoms in total. The van der Waals surface area contributed by atoms with Crippen LogP contribution in [-0.4, -0.2) is 0 Å². The van der Waals surface area contributed by atoms with Crippen molar-refractivity contribution in [2.75, 3.05) is 5.32 Å². The van der Waals surface area contributed by atoms with Crippen LogP contribution in [0.3, 0.4) is 0 Å². The first-order chi connectivity index (χ1) is 18.2. The molecule has 0 saturated heterocycles. The molecule has 1 aliphatic rings. The van der Waals surface area contributed by atoms with Gasteiger partial charge in [-0.1, -0.05) is 127 Å². The largest absolute Gasteiger partial charge is 0.355 e. The van der Waals surface area contributed by atoms with E-state index >= 15 is 0 Å². The van der Waals surface area contributed by atoms with Crippen molar-refractivity contribution in [2.24, 2.45) is 0 Å². The molecule has 0 saturated carbocycles. The fourth-order valence-electron chi connectivity index (χ4n) is 6.18. The predicted molar refractivity (Wildman–Crippen MR) is 156 cm³/mol. The topological polar surface area (TPSA) is 12.0 Å². The van der Waals surface area contributed by atoms with E-state index in [0.717, 1.165) is 11.4 Å². The summed E-state index contributed by atoms with van der Waals surface area (Å²) < 4.78 is 0. The third-order valence-corrected chi connectivity index (χ3v) is 7.78. The summed E-state index contributed by atoms with van der Waals surface area (Å²) >= 11 is 0. The van der Waals surface area contributed by atoms with Crippen LogP contribution in [0.25, 0.3) is 21.9 Å². The lowest BCUT2D eigenvalue weighted by atomic mass is 9.67. The molecule has 0 heterocycles. The summed E-state index contributed by atoms with van der Waals surface area (Å²) in [5.41, 5.74) is 10.9. The van der Waals surface area contributed by atoms with Crippen LogP contribution in [0.5, 0.6) is 0 Å². The highest BCUT2D eigenvalue weighted by molar-refractivity contribution is 5.96. The van der Waals surface area contributed by atoms with E-state index in [-0.39, 0.29) is 0 Å². The number of nitrogens with one attached hydrogen (secondary N) is 1. The lowest BCUT2D eigenvalue weighted by Gasteiger charge is -2.34. The first-order valence-electron chi connectivity index (χ1n) is 12.9. The van der Waals surface area contributed by atoms with E-state index in [1.807, 2.05) is 0 Å². The van der Waals surface area contributed by atoms with Gasteiger partial charge < -0.3 is 5.32 Å². The molecule has 0 atom stereocenters. The Kier molecular flexibility index (Phi) is 4.97. The standard InChI is InChI=1S/C36H27N/c1-25-19-22-33-32(23-25)31-21-20-29(37-35-18-10-12-26-11-8-9-17-30(26)35)24-34(31)36(33,27-13-4-2-5-14-27)28-15-6-3-7-16-28/h2-24,37H,1H3. The molecule has 0 bridgehead atoms. The minimum absolute atomic E-state index is 0.392. The Hall–Kier alpha value is -4.62. The molecule has 1 heteroatoms. The number of fused-ring (bicyclic) bond motifs is 4. The van der Waals surface area contributed by atoms with Gasteiger partial charge in [0.25, 0.3) is 0 Å². The summed E-state index contributed by atoms with van der Waals surface area (Å²) in [5.74, 6) is 0. The third kappa shape index (κ3) is 3.32. The first kappa shape index (κ1) is 21.6. The fourth-order valence-corrected chi connectivity index (χ4v) is 6.18. The molecule has 37 heavy (non-hydrogen) atoms. The lowest BCUT2D eigenvalue weighted by molar-refractivity contribution is 0.768. The molecule has 0 unspecified atom stereocenters. The second-order valence-corrected chi connectivity index (χ2v) is 9.94. The summed E-state index contributed by atoms with van der Waals surface area (Å²) in [6, 6.07) is 50.7. The van der Waals surface area contributed by atoms with Crippen molar-refractivity contribution in [3.05, 3.63) is 167 Å². The van der Waals surface area contributed by atoms with Crippen LogP contribution in [-0.2, 0) is 5.41 Å². The van der Waals surface area contributed by atoms with Crippen molar-refractivity contribution in [2.45, 2.75) is 12.3 Å². The van der Waals surface area contributed by atoms with E-state index in [1.54, 1.807) is 0 Å². The zero-order chi connectivity index (χ0) is 24.8. The van der Waals surface area contributed by atoms with Crippen LogP contribution in [0.15, 0.2) is 140 Å². The monoisotopic (exact) mass is 473 g/mol. The van der Waals surface area contributed by atoms with Gasteiger partial charge in [0.1, 0.15) is 0 Å². The summed E-state index contributed by atoms with van der Waals surface area (Å²) in [6.07, 6.45) is 0. The van der Waals surface area contributed by atoms with Crippen molar-refractivity contribution < 1.29 is 0 Å². The summed E-state index contributed by atoms with van der Waals surface area (Å²) in [4.78, 5) is 0. The molecule has 6 aromatic rings. The SMILES string of the molecule is Cc1ccc2c(c1)-c1ccc(Nc3cccc4ccccc34)cc1C2(c1ccccc1)c1ccccc1. The average Bonchev–Trinajstić information content (AvgIpc) is 3.24. The third-order valence-electron chi connectivity index (χ3n) is 7.78. The molecular formula is C36H27N. The Morgan fingerprint density at radius 2 is 1.19 bits per heavy atom. The summed E-state index contributed by atoms with van der Waals surface area (Å²) in [7, 11) is 0. The Balaban J connectivity index is 1.50. The maximum atomic E-state index is 3.76. The van der Waals surface area contributed by atoms with Gasteiger partial charge in [0.2, 0.25) is 0 Å². The maximum absolute atomic E-state index is 3.76. The molecule has 0 aliphatic heterocycles. The number of anilines is 2. The van der Waals surface area contributed by atoms with Gasteiger partial charge >= 0.3 is 0 Å². The number of hydrogen-bond donors (Lipinski definition) is 1. The van der Waals surface area contributed by atoms with Crippen LogP contribution in [0.2, 0.25) is 0 Å². The molecule has 0 fully saturated rings. The maximum Gasteiger partial charge on any atom is 0.0714 e. The van der Waals surface area contributed by atoms with E-state index in [9.17, 15) is 0 Å². The quantitative estimate of drug-likeness (QED) is 0.269. The predicted octanol–water partition coefficient (Wildman–Crippen LogP) is 9.25. The van der Waals surface area contributed by atoms with Gasteiger partial charge in [-0.3, -0.25) is 0 Å². The van der Waals surface area contributed by atoms with Gasteiger partial charge in [-0.25, -0.2) is 0 Å². The first-order valence-corrected chi connectivity index (χ1v) is 12.9. The minimum Gasteiger partial charge on any atom is -0.355 e. The van der Waals surface area contributed by atoms with Gasteiger partial charge in [0.15, 0.2) is 0 Å². The van der Waals surface area contributed by atoms with E-state index in [4.69, 9.17) is 0 Å². The van der Waals surface area contributed by atoms with Crippen molar-refractivity contribution in [3.63, 3.8) is 0 Å². The molecule has 6 aromatic carbocycles. The van der Waals surface area contributed by atoms with Gasteiger partial charge in [0.05, 0.1) is 5.41 Å². The Bertz CT molecular complexity index is 1700. The van der Waals surface area contributed by atoms with Gasteiger partial charge in [-0.2, -0.15) is 0 Å². The highest BCUT2D eigenvalue weighted by Crippen LogP contribution is 2.56. The molecule has 1 N–H and O–H groups in total. The van der Waals surface area contributed by atoms with E-state index < -0.39 is 5.41 Å². The van der Waals surface area contributed by atoms with Crippen LogP contribution < -0.4 is 5.32 Å². The number of hydrogen-bond acceptors (Lipinski definition) is 1. The smallest absolute Gasteiger partial charge is 0.0714 e. The highest BCUT2D eigenvalue weighted by Gasteiger charge is 2.46. The van der Waals surface area contributed by atoms with Crippen LogP contribution >= 0.6 is 0 Å². The second-order valence-electron chi connectivity index (χ2n) is 9.94. The van der Waals surface area contributed by atoms with Gasteiger partial charge in [0, 0.05) is 16.8 Å². The van der Waals surface area contributed by atoms with E-state index in [2.05, 4.69) is 152 Å². The van der Waals surface area contributed by atoms with Crippen molar-refractivity contribution in [1.29, 1.82) is 0 Å². The Morgan fingerprint density at radius 3 is 1.95 bits per heavy atom. The molecule has 1 aliphatic carbocycles. The Labute approximate surface area is 218 Å². The molecule has 0 aromatic heterocycles. The molecule has 176 valence electrons. The zero-order valence-electron chi connectivity index (χ0n) is 20.8. The summed E-state index contributed by atoms with van der Waals surface area (Å²) in [6.45, 7) is 2.18. The summed E-state index contributed by atoms with van der Waals surface area (Å²) in [5, 5.41) is 6.21. The number of benzene rings is 6. The number of aryl methyl sites for hydroxylation is 1. The van der Waals surface area contributed by atoms with Crippen molar-refractivity contribution in [3.8, 4) is 11.1 Å². The van der Waals surface area contributed by atoms with Crippen LogP contribution in [0, 0.1) is 6.92 Å². The van der Waals surface area contributed by atoms with E-state index in [0.29, 0.717) is 0 Å². The number of rotatable bonds is 4. The Morgan fingerprint density at radius 1 is 0.514 bits per heavy atom. The van der Waals surface area contributed by atoms with Crippen molar-refractivity contribution >= 4 is 22.1 Å². The van der Waals surface area contributed by atoms with Crippen LogP contribution in [0.4, 0.5) is 11.4 Å². The van der Waals surface area contributed by atoms with Gasteiger partial charge in [-0.15, -0.1) is 0 Å². The molecule has 0 amide bonds. The molecule has 0 radical (unpaired) electrons. The normalized spacial score (nSPS) is 13.2. The average molecular weight is 474 g/mol. The minimum atomic E-state index is -0.392. The highest BCUT2D eigenvalue weighted by atomic mass is 14.9. The van der Waals surface area contributed by atoms with Crippen LogP contribution in [0.1, 0.15) is 27.8 Å². The molecule has 7 rings (SSSR count). The lowest BCUT2D eigenvalue weighted by Crippen LogP contribution is -2.28. The fraction of sp³-hybridized carbons (Fsp3) is 0.0556. The molecule has 0 spiro atoms. The zero-order valence-corrected chi connectivity index (χ0v) is 20.8. The second kappa shape index (κ2) is 8.50. The van der Waals surface area contributed by atoms with Gasteiger partial charge in [-0.05, 0) is 63.9 Å². The molecular weight excluding hydrogens is 446 g/mol. The van der Waals surface area contributed by atoms with Crippen molar-refractivity contribution in [1.82, 2.24) is 0 Å². The van der Waals surface area contributed by atoms with E-state index in [1.165, 1.54) is 49.7 Å².